The Balaban J connectivity index is 1.84. The van der Waals surface area contributed by atoms with Gasteiger partial charge in [0.05, 0.1) is 32.2 Å². The van der Waals surface area contributed by atoms with Crippen molar-refractivity contribution < 1.29 is 27.4 Å². The molecule has 170 valence electrons. The number of hydrogen-bond acceptors (Lipinski definition) is 6. The summed E-state index contributed by atoms with van der Waals surface area (Å²) in [6.07, 6.45) is 1.70. The number of carbonyl (C=O) groups excluding carboxylic acids is 1. The third kappa shape index (κ3) is 7.67. The molecule has 0 heterocycles. The average molecular weight is 451 g/mol. The van der Waals surface area contributed by atoms with Crippen molar-refractivity contribution in [3.8, 4) is 17.2 Å². The summed E-state index contributed by atoms with van der Waals surface area (Å²) in [6.45, 7) is 2.31. The lowest BCUT2D eigenvalue weighted by Gasteiger charge is -2.23. The molecule has 0 aliphatic heterocycles. The van der Waals surface area contributed by atoms with E-state index in [4.69, 9.17) is 14.2 Å². The molecule has 1 amide bonds. The van der Waals surface area contributed by atoms with E-state index in [0.717, 1.165) is 6.26 Å². The SMILES string of the molecule is COc1cccc(N(CCCC(=O)N[C@H](C)COc2ccccc2OC)S(C)(=O)=O)c1. The minimum Gasteiger partial charge on any atom is -0.497 e. The van der Waals surface area contributed by atoms with E-state index in [0.29, 0.717) is 29.4 Å². The Morgan fingerprint density at radius 2 is 1.77 bits per heavy atom. The highest BCUT2D eigenvalue weighted by Crippen LogP contribution is 2.26. The fourth-order valence-electron chi connectivity index (χ4n) is 2.98. The van der Waals surface area contributed by atoms with E-state index >= 15 is 0 Å². The molecule has 0 aliphatic carbocycles. The molecular weight excluding hydrogens is 420 g/mol. The number of sulfonamides is 1. The number of nitrogens with zero attached hydrogens (tertiary/aromatic N) is 1. The lowest BCUT2D eigenvalue weighted by atomic mass is 10.2. The largest absolute Gasteiger partial charge is 0.497 e. The first kappa shape index (κ1) is 24.3. The Morgan fingerprint density at radius 1 is 1.06 bits per heavy atom. The van der Waals surface area contributed by atoms with Gasteiger partial charge in [0.2, 0.25) is 15.9 Å². The van der Waals surface area contributed by atoms with Gasteiger partial charge in [-0.05, 0) is 37.6 Å². The predicted octanol–water partition coefficient (Wildman–Crippen LogP) is 2.83. The van der Waals surface area contributed by atoms with Crippen molar-refractivity contribution in [2.45, 2.75) is 25.8 Å². The van der Waals surface area contributed by atoms with Crippen LogP contribution in [0.25, 0.3) is 0 Å². The predicted molar refractivity (Wildman–Crippen MR) is 121 cm³/mol. The average Bonchev–Trinajstić information content (AvgIpc) is 2.74. The zero-order valence-corrected chi connectivity index (χ0v) is 19.1. The highest BCUT2D eigenvalue weighted by atomic mass is 32.2. The molecule has 2 aromatic rings. The molecule has 0 fully saturated rings. The standard InChI is InChI=1S/C22H30N2O6S/c1-17(16-30-21-12-6-5-11-20(21)29-3)23-22(25)13-8-14-24(31(4,26)27)18-9-7-10-19(15-18)28-2/h5-7,9-12,15,17H,8,13-14,16H2,1-4H3,(H,23,25)/t17-/m1/s1. The maximum absolute atomic E-state index is 12.3. The van der Waals surface area contributed by atoms with Crippen LogP contribution in [0.3, 0.4) is 0 Å². The quantitative estimate of drug-likeness (QED) is 0.534. The molecule has 2 rings (SSSR count). The molecular formula is C22H30N2O6S. The molecule has 31 heavy (non-hydrogen) atoms. The smallest absolute Gasteiger partial charge is 0.232 e. The molecule has 0 spiro atoms. The van der Waals surface area contributed by atoms with Gasteiger partial charge in [-0.2, -0.15) is 0 Å². The number of methoxy groups -OCH3 is 2. The zero-order valence-electron chi connectivity index (χ0n) is 18.3. The van der Waals surface area contributed by atoms with Crippen LogP contribution in [0.4, 0.5) is 5.69 Å². The van der Waals surface area contributed by atoms with E-state index in [2.05, 4.69) is 5.32 Å². The van der Waals surface area contributed by atoms with Crippen molar-refractivity contribution in [2.24, 2.45) is 0 Å². The van der Waals surface area contributed by atoms with Gasteiger partial charge in [-0.15, -0.1) is 0 Å². The van der Waals surface area contributed by atoms with Crippen LogP contribution in [0.1, 0.15) is 19.8 Å². The minimum atomic E-state index is -3.50. The third-order valence-corrected chi connectivity index (χ3v) is 5.67. The van der Waals surface area contributed by atoms with Gasteiger partial charge >= 0.3 is 0 Å². The van der Waals surface area contributed by atoms with E-state index in [1.165, 1.54) is 11.4 Å². The van der Waals surface area contributed by atoms with Crippen LogP contribution in [0, 0.1) is 0 Å². The lowest BCUT2D eigenvalue weighted by Crippen LogP contribution is -2.37. The summed E-state index contributed by atoms with van der Waals surface area (Å²) in [5.41, 5.74) is 0.501. The number of rotatable bonds is 12. The summed E-state index contributed by atoms with van der Waals surface area (Å²) >= 11 is 0. The van der Waals surface area contributed by atoms with Crippen LogP contribution in [-0.2, 0) is 14.8 Å². The second-order valence-corrected chi connectivity index (χ2v) is 8.98. The third-order valence-electron chi connectivity index (χ3n) is 4.47. The topological polar surface area (TPSA) is 94.2 Å². The molecule has 0 aliphatic rings. The monoisotopic (exact) mass is 450 g/mol. The van der Waals surface area contributed by atoms with Crippen LogP contribution < -0.4 is 23.8 Å². The van der Waals surface area contributed by atoms with E-state index in [1.54, 1.807) is 43.5 Å². The van der Waals surface area contributed by atoms with Crippen molar-refractivity contribution >= 4 is 21.6 Å². The van der Waals surface area contributed by atoms with Crippen molar-refractivity contribution in [2.75, 3.05) is 37.9 Å². The number of hydrogen-bond donors (Lipinski definition) is 1. The minimum absolute atomic E-state index is 0.171. The van der Waals surface area contributed by atoms with Crippen LogP contribution in [0.2, 0.25) is 0 Å². The van der Waals surface area contributed by atoms with Gasteiger partial charge in [-0.3, -0.25) is 9.10 Å². The summed E-state index contributed by atoms with van der Waals surface area (Å²) in [5, 5.41) is 2.87. The number of ether oxygens (including phenoxy) is 3. The molecule has 0 unspecified atom stereocenters. The number of anilines is 1. The van der Waals surface area contributed by atoms with Crippen molar-refractivity contribution in [3.05, 3.63) is 48.5 Å². The second-order valence-electron chi connectivity index (χ2n) is 7.07. The Labute approximate surface area is 184 Å². The molecule has 0 bridgehead atoms. The number of amides is 1. The van der Waals surface area contributed by atoms with Crippen LogP contribution in [0.5, 0.6) is 17.2 Å². The molecule has 8 nitrogen and oxygen atoms in total. The number of nitrogens with one attached hydrogen (secondary N) is 1. The summed E-state index contributed by atoms with van der Waals surface area (Å²) in [4.78, 5) is 12.3. The molecule has 0 aromatic heterocycles. The number of benzene rings is 2. The second kappa shape index (κ2) is 11.5. The maximum Gasteiger partial charge on any atom is 0.232 e. The zero-order chi connectivity index (χ0) is 22.9. The van der Waals surface area contributed by atoms with E-state index in [9.17, 15) is 13.2 Å². The Bertz CT molecular complexity index is 964. The molecule has 0 saturated carbocycles. The fourth-order valence-corrected chi connectivity index (χ4v) is 3.93. The Hall–Kier alpha value is -2.94. The highest BCUT2D eigenvalue weighted by Gasteiger charge is 2.18. The molecule has 2 aromatic carbocycles. The lowest BCUT2D eigenvalue weighted by molar-refractivity contribution is -0.121. The van der Waals surface area contributed by atoms with Crippen LogP contribution >= 0.6 is 0 Å². The van der Waals surface area contributed by atoms with Gasteiger partial charge in [0.1, 0.15) is 12.4 Å². The van der Waals surface area contributed by atoms with Crippen molar-refractivity contribution in [1.29, 1.82) is 0 Å². The van der Waals surface area contributed by atoms with Gasteiger partial charge in [0, 0.05) is 19.0 Å². The Morgan fingerprint density at radius 3 is 2.42 bits per heavy atom. The molecule has 0 saturated heterocycles. The first-order valence-corrected chi connectivity index (χ1v) is 11.8. The summed E-state index contributed by atoms with van der Waals surface area (Å²) in [6, 6.07) is 13.9. The molecule has 1 atom stereocenters. The fraction of sp³-hybridized carbons (Fsp3) is 0.409. The van der Waals surface area contributed by atoms with Crippen molar-refractivity contribution in [3.63, 3.8) is 0 Å². The van der Waals surface area contributed by atoms with Crippen molar-refractivity contribution in [1.82, 2.24) is 5.32 Å². The van der Waals surface area contributed by atoms with Gasteiger partial charge in [0.25, 0.3) is 0 Å². The number of carbonyl (C=O) groups is 1. The summed E-state index contributed by atoms with van der Waals surface area (Å²) < 4.78 is 41.8. The molecule has 9 heteroatoms. The van der Waals surface area contributed by atoms with E-state index in [-0.39, 0.29) is 31.5 Å². The van der Waals surface area contributed by atoms with E-state index in [1.807, 2.05) is 19.1 Å². The van der Waals surface area contributed by atoms with Gasteiger partial charge in [-0.25, -0.2) is 8.42 Å². The van der Waals surface area contributed by atoms with Gasteiger partial charge in [-0.1, -0.05) is 18.2 Å². The first-order valence-electron chi connectivity index (χ1n) is 9.91. The molecule has 1 N–H and O–H groups in total. The van der Waals surface area contributed by atoms with Gasteiger partial charge in [0.15, 0.2) is 11.5 Å². The van der Waals surface area contributed by atoms with Gasteiger partial charge < -0.3 is 19.5 Å². The van der Waals surface area contributed by atoms with Crippen LogP contribution in [0.15, 0.2) is 48.5 Å². The normalized spacial score (nSPS) is 12.0. The summed E-state index contributed by atoms with van der Waals surface area (Å²) in [5.74, 6) is 1.62. The number of para-hydroxylation sites is 2. The maximum atomic E-state index is 12.3. The molecule has 0 radical (unpaired) electrons. The van der Waals surface area contributed by atoms with E-state index < -0.39 is 10.0 Å². The first-order chi connectivity index (χ1) is 14.7. The Kier molecular flexibility index (Phi) is 8.99. The van der Waals surface area contributed by atoms with Crippen LogP contribution in [-0.4, -0.2) is 54.0 Å². The summed E-state index contributed by atoms with van der Waals surface area (Å²) in [7, 11) is -0.407. The highest BCUT2D eigenvalue weighted by molar-refractivity contribution is 7.92.